The zero-order valence-corrected chi connectivity index (χ0v) is 15.7. The molecule has 0 aliphatic rings. The maximum Gasteiger partial charge on any atom is 0.233 e. The number of imidazole rings is 1. The Morgan fingerprint density at radius 1 is 1.44 bits per heavy atom. The van der Waals surface area contributed by atoms with E-state index in [1.165, 1.54) is 11.8 Å². The van der Waals surface area contributed by atoms with E-state index < -0.39 is 0 Å². The number of benzene rings is 1. The minimum Gasteiger partial charge on any atom is -0.467 e. The molecule has 2 heterocycles. The van der Waals surface area contributed by atoms with Crippen molar-refractivity contribution >= 4 is 40.3 Å². The van der Waals surface area contributed by atoms with Crippen molar-refractivity contribution in [3.05, 3.63) is 47.4 Å². The summed E-state index contributed by atoms with van der Waals surface area (Å²) >= 11 is 7.53. The Morgan fingerprint density at radius 3 is 3.00 bits per heavy atom. The number of rotatable bonds is 7. The van der Waals surface area contributed by atoms with Crippen molar-refractivity contribution in [3.8, 4) is 0 Å². The van der Waals surface area contributed by atoms with Crippen molar-refractivity contribution in [2.75, 3.05) is 0 Å². The number of hydrogen-bond donors (Lipinski definition) is 1. The molecule has 5 nitrogen and oxygen atoms in total. The molecule has 0 bridgehead atoms. The highest BCUT2D eigenvalue weighted by Crippen LogP contribution is 2.29. The van der Waals surface area contributed by atoms with Gasteiger partial charge in [0, 0.05) is 11.6 Å². The number of hydrogen-bond acceptors (Lipinski definition) is 4. The van der Waals surface area contributed by atoms with Gasteiger partial charge in [0.15, 0.2) is 5.16 Å². The maximum atomic E-state index is 12.3. The smallest absolute Gasteiger partial charge is 0.233 e. The van der Waals surface area contributed by atoms with Crippen LogP contribution in [0.1, 0.15) is 26.0 Å². The maximum absolute atomic E-state index is 12.3. The van der Waals surface area contributed by atoms with Crippen molar-refractivity contribution in [2.24, 2.45) is 0 Å². The number of nitrogens with zero attached hydrogens (tertiary/aromatic N) is 2. The first-order valence-corrected chi connectivity index (χ1v) is 9.46. The van der Waals surface area contributed by atoms with E-state index in [4.69, 9.17) is 16.0 Å². The summed E-state index contributed by atoms with van der Waals surface area (Å²) in [4.78, 5) is 17.0. The average molecular weight is 378 g/mol. The van der Waals surface area contributed by atoms with E-state index in [9.17, 15) is 4.79 Å². The van der Waals surface area contributed by atoms with Gasteiger partial charge in [0.1, 0.15) is 5.76 Å². The Kier molecular flexibility index (Phi) is 5.71. The van der Waals surface area contributed by atoms with Crippen LogP contribution in [0.4, 0.5) is 0 Å². The minimum absolute atomic E-state index is 0.0467. The van der Waals surface area contributed by atoms with Gasteiger partial charge in [0.2, 0.25) is 5.91 Å². The van der Waals surface area contributed by atoms with Crippen LogP contribution in [-0.4, -0.2) is 20.7 Å². The fourth-order valence-electron chi connectivity index (χ4n) is 2.55. The SMILES string of the molecule is CCCn1c(S[C@H](C)C(=O)NCc2ccco2)nc2cc(Cl)ccc21. The van der Waals surface area contributed by atoms with Crippen LogP contribution >= 0.6 is 23.4 Å². The molecule has 0 fully saturated rings. The number of halogens is 1. The molecule has 25 heavy (non-hydrogen) atoms. The summed E-state index contributed by atoms with van der Waals surface area (Å²) in [5, 5.41) is 4.12. The monoisotopic (exact) mass is 377 g/mol. The van der Waals surface area contributed by atoms with Crippen LogP contribution < -0.4 is 5.32 Å². The van der Waals surface area contributed by atoms with E-state index in [2.05, 4.69) is 21.8 Å². The van der Waals surface area contributed by atoms with Gasteiger partial charge in [-0.05, 0) is 43.7 Å². The summed E-state index contributed by atoms with van der Waals surface area (Å²) in [5.74, 6) is 0.688. The molecule has 0 spiro atoms. The Hall–Kier alpha value is -1.92. The average Bonchev–Trinajstić information content (AvgIpc) is 3.21. The first-order chi connectivity index (χ1) is 12.1. The van der Waals surface area contributed by atoms with Crippen molar-refractivity contribution in [3.63, 3.8) is 0 Å². The second-order valence-electron chi connectivity index (χ2n) is 5.74. The molecule has 0 saturated carbocycles. The summed E-state index contributed by atoms with van der Waals surface area (Å²) in [5.41, 5.74) is 1.89. The Morgan fingerprint density at radius 2 is 2.28 bits per heavy atom. The fourth-order valence-corrected chi connectivity index (χ4v) is 3.69. The predicted molar refractivity (Wildman–Crippen MR) is 101 cm³/mol. The lowest BCUT2D eigenvalue weighted by Gasteiger charge is -2.12. The summed E-state index contributed by atoms with van der Waals surface area (Å²) in [6.07, 6.45) is 2.58. The van der Waals surface area contributed by atoms with Crippen LogP contribution in [0.25, 0.3) is 11.0 Å². The number of fused-ring (bicyclic) bond motifs is 1. The van der Waals surface area contributed by atoms with Crippen molar-refractivity contribution in [1.29, 1.82) is 0 Å². The van der Waals surface area contributed by atoms with E-state index in [0.29, 0.717) is 11.6 Å². The molecule has 132 valence electrons. The van der Waals surface area contributed by atoms with Crippen molar-refractivity contribution in [2.45, 2.75) is 43.8 Å². The number of carbonyl (C=O) groups is 1. The van der Waals surface area contributed by atoms with Crippen LogP contribution in [0.5, 0.6) is 0 Å². The second kappa shape index (κ2) is 7.97. The highest BCUT2D eigenvalue weighted by Gasteiger charge is 2.19. The van der Waals surface area contributed by atoms with E-state index >= 15 is 0 Å². The van der Waals surface area contributed by atoms with Gasteiger partial charge < -0.3 is 14.3 Å². The number of thioether (sulfide) groups is 1. The van der Waals surface area contributed by atoms with Gasteiger partial charge in [0.25, 0.3) is 0 Å². The molecule has 0 aliphatic carbocycles. The van der Waals surface area contributed by atoms with Crippen LogP contribution in [-0.2, 0) is 17.9 Å². The normalized spacial score (nSPS) is 12.4. The summed E-state index contributed by atoms with van der Waals surface area (Å²) in [7, 11) is 0. The molecular weight excluding hydrogens is 358 g/mol. The number of carbonyl (C=O) groups excluding carboxylic acids is 1. The zero-order valence-electron chi connectivity index (χ0n) is 14.2. The van der Waals surface area contributed by atoms with E-state index in [1.807, 2.05) is 31.2 Å². The number of aryl methyl sites for hydroxylation is 1. The van der Waals surface area contributed by atoms with Gasteiger partial charge in [-0.3, -0.25) is 4.79 Å². The minimum atomic E-state index is -0.266. The van der Waals surface area contributed by atoms with Crippen LogP contribution in [0.2, 0.25) is 5.02 Å². The molecule has 2 aromatic heterocycles. The van der Waals surface area contributed by atoms with Gasteiger partial charge in [-0.15, -0.1) is 0 Å². The number of amides is 1. The molecule has 0 unspecified atom stereocenters. The standard InChI is InChI=1S/C18H20ClN3O2S/c1-3-8-22-16-7-6-13(19)10-15(16)21-18(22)25-12(2)17(23)20-11-14-5-4-9-24-14/h4-7,9-10,12H,3,8,11H2,1-2H3,(H,20,23)/t12-/m1/s1. The third-order valence-electron chi connectivity index (χ3n) is 3.79. The largest absolute Gasteiger partial charge is 0.467 e. The quantitative estimate of drug-likeness (QED) is 0.616. The second-order valence-corrected chi connectivity index (χ2v) is 7.48. The molecule has 1 atom stereocenters. The lowest BCUT2D eigenvalue weighted by atomic mass is 10.3. The molecule has 1 amide bonds. The predicted octanol–water partition coefficient (Wildman–Crippen LogP) is 4.49. The first-order valence-electron chi connectivity index (χ1n) is 8.21. The highest BCUT2D eigenvalue weighted by molar-refractivity contribution is 8.00. The van der Waals surface area contributed by atoms with Crippen molar-refractivity contribution in [1.82, 2.24) is 14.9 Å². The topological polar surface area (TPSA) is 60.1 Å². The number of nitrogens with one attached hydrogen (secondary N) is 1. The van der Waals surface area contributed by atoms with Gasteiger partial charge in [-0.1, -0.05) is 30.3 Å². The molecule has 3 aromatic rings. The lowest BCUT2D eigenvalue weighted by molar-refractivity contribution is -0.120. The molecule has 0 saturated heterocycles. The van der Waals surface area contributed by atoms with Gasteiger partial charge in [-0.2, -0.15) is 0 Å². The van der Waals surface area contributed by atoms with Gasteiger partial charge in [-0.25, -0.2) is 4.98 Å². The summed E-state index contributed by atoms with van der Waals surface area (Å²) < 4.78 is 7.38. The Bertz CT molecular complexity index is 861. The number of furan rings is 1. The summed E-state index contributed by atoms with van der Waals surface area (Å²) in [6, 6.07) is 9.34. The van der Waals surface area contributed by atoms with E-state index in [-0.39, 0.29) is 11.2 Å². The lowest BCUT2D eigenvalue weighted by Crippen LogP contribution is -2.30. The van der Waals surface area contributed by atoms with E-state index in [1.54, 1.807) is 12.3 Å². The Balaban J connectivity index is 1.74. The first kappa shape index (κ1) is 17.9. The van der Waals surface area contributed by atoms with Gasteiger partial charge >= 0.3 is 0 Å². The molecule has 1 N–H and O–H groups in total. The van der Waals surface area contributed by atoms with Crippen molar-refractivity contribution < 1.29 is 9.21 Å². The molecular formula is C18H20ClN3O2S. The highest BCUT2D eigenvalue weighted by atomic mass is 35.5. The molecule has 0 aliphatic heterocycles. The molecule has 7 heteroatoms. The Labute approximate surface area is 155 Å². The third kappa shape index (κ3) is 4.19. The summed E-state index contributed by atoms with van der Waals surface area (Å²) in [6.45, 7) is 5.24. The van der Waals surface area contributed by atoms with Crippen LogP contribution in [0, 0.1) is 0 Å². The zero-order chi connectivity index (χ0) is 17.8. The van der Waals surface area contributed by atoms with Crippen LogP contribution in [0.3, 0.4) is 0 Å². The molecule has 1 aromatic carbocycles. The number of aromatic nitrogens is 2. The molecule has 0 radical (unpaired) electrons. The van der Waals surface area contributed by atoms with E-state index in [0.717, 1.165) is 34.9 Å². The fraction of sp³-hybridized carbons (Fsp3) is 0.333. The van der Waals surface area contributed by atoms with Crippen LogP contribution in [0.15, 0.2) is 46.2 Å². The molecule has 3 rings (SSSR count). The van der Waals surface area contributed by atoms with Gasteiger partial charge in [0.05, 0.1) is 29.1 Å². The third-order valence-corrected chi connectivity index (χ3v) is 5.12.